The van der Waals surface area contributed by atoms with Gasteiger partial charge in [0, 0.05) is 13.1 Å². The smallest absolute Gasteiger partial charge is 0.131 e. The third-order valence-corrected chi connectivity index (χ3v) is 2.72. The summed E-state index contributed by atoms with van der Waals surface area (Å²) < 4.78 is 26.9. The fourth-order valence-electron chi connectivity index (χ4n) is 1.92. The highest BCUT2D eigenvalue weighted by Crippen LogP contribution is 2.21. The van der Waals surface area contributed by atoms with Gasteiger partial charge in [-0.05, 0) is 25.1 Å². The lowest BCUT2D eigenvalue weighted by Crippen LogP contribution is -2.32. The van der Waals surface area contributed by atoms with Crippen LogP contribution in [0.5, 0.6) is 0 Å². The van der Waals surface area contributed by atoms with Crippen molar-refractivity contribution >= 4 is 0 Å². The molecule has 1 unspecified atom stereocenters. The Morgan fingerprint density at radius 3 is 2.33 bits per heavy atom. The monoisotopic (exact) mass is 259 g/mol. The van der Waals surface area contributed by atoms with E-state index < -0.39 is 17.7 Å². The Morgan fingerprint density at radius 1 is 1.22 bits per heavy atom. The van der Waals surface area contributed by atoms with Crippen LogP contribution in [0, 0.1) is 11.6 Å². The van der Waals surface area contributed by atoms with Gasteiger partial charge in [-0.15, -0.1) is 0 Å². The molecule has 0 aliphatic rings. The second-order valence-electron chi connectivity index (χ2n) is 4.18. The van der Waals surface area contributed by atoms with Crippen molar-refractivity contribution in [1.29, 1.82) is 0 Å². The molecule has 0 aliphatic heterocycles. The van der Waals surface area contributed by atoms with Crippen molar-refractivity contribution in [2.75, 3.05) is 26.2 Å². The van der Waals surface area contributed by atoms with Crippen LogP contribution in [0.15, 0.2) is 18.2 Å². The molecule has 1 rings (SSSR count). The Bertz CT molecular complexity index is 348. The molecular weight excluding hydrogens is 240 g/mol. The summed E-state index contributed by atoms with van der Waals surface area (Å²) in [5.74, 6) is -1.49. The predicted molar refractivity (Wildman–Crippen MR) is 65.1 cm³/mol. The van der Waals surface area contributed by atoms with Gasteiger partial charge < -0.3 is 10.2 Å². The molecule has 0 aliphatic carbocycles. The zero-order valence-corrected chi connectivity index (χ0v) is 10.4. The largest absolute Gasteiger partial charge is 0.395 e. The first-order chi connectivity index (χ1) is 8.60. The van der Waals surface area contributed by atoms with Crippen molar-refractivity contribution < 1.29 is 19.0 Å². The van der Waals surface area contributed by atoms with Gasteiger partial charge in [0.15, 0.2) is 0 Å². The topological polar surface area (TPSA) is 43.7 Å². The minimum absolute atomic E-state index is 0.0491. The predicted octanol–water partition coefficient (Wildman–Crippen LogP) is 1.70. The van der Waals surface area contributed by atoms with E-state index in [-0.39, 0.29) is 18.7 Å². The van der Waals surface area contributed by atoms with Crippen LogP contribution in [0.2, 0.25) is 0 Å². The van der Waals surface area contributed by atoms with Gasteiger partial charge in [0.2, 0.25) is 0 Å². The average molecular weight is 259 g/mol. The fourth-order valence-corrected chi connectivity index (χ4v) is 1.92. The molecule has 0 amide bonds. The average Bonchev–Trinajstić information content (AvgIpc) is 2.29. The first-order valence-corrected chi connectivity index (χ1v) is 6.05. The molecular formula is C13H19F2NO2. The summed E-state index contributed by atoms with van der Waals surface area (Å²) in [5.41, 5.74) is -0.309. The summed E-state index contributed by atoms with van der Waals surface area (Å²) in [6.45, 7) is 3.05. The van der Waals surface area contributed by atoms with Gasteiger partial charge in [0.05, 0.1) is 18.3 Å². The van der Waals surface area contributed by atoms with Gasteiger partial charge in [-0.1, -0.05) is 13.0 Å². The minimum Gasteiger partial charge on any atom is -0.395 e. The molecule has 102 valence electrons. The number of halogens is 2. The summed E-state index contributed by atoms with van der Waals surface area (Å²) in [5, 5.41) is 18.8. The molecule has 18 heavy (non-hydrogen) atoms. The second kappa shape index (κ2) is 7.41. The lowest BCUT2D eigenvalue weighted by Gasteiger charge is -2.24. The summed E-state index contributed by atoms with van der Waals surface area (Å²) in [4.78, 5) is 1.77. The Kier molecular flexibility index (Phi) is 6.18. The maximum atomic E-state index is 13.5. The van der Waals surface area contributed by atoms with Gasteiger partial charge in [0.25, 0.3) is 0 Å². The van der Waals surface area contributed by atoms with Gasteiger partial charge in [-0.2, -0.15) is 0 Å². The summed E-state index contributed by atoms with van der Waals surface area (Å²) in [6, 6.07) is 3.51. The third kappa shape index (κ3) is 4.01. The number of aliphatic hydroxyl groups is 2. The van der Waals surface area contributed by atoms with Crippen molar-refractivity contribution in [1.82, 2.24) is 4.90 Å². The van der Waals surface area contributed by atoms with E-state index in [0.717, 1.165) is 18.6 Å². The number of aliphatic hydroxyl groups excluding tert-OH is 2. The van der Waals surface area contributed by atoms with E-state index in [0.29, 0.717) is 13.1 Å². The van der Waals surface area contributed by atoms with E-state index in [2.05, 4.69) is 0 Å². The summed E-state index contributed by atoms with van der Waals surface area (Å²) in [6.07, 6.45) is -0.392. The molecule has 1 aromatic carbocycles. The van der Waals surface area contributed by atoms with E-state index in [1.807, 2.05) is 6.92 Å². The second-order valence-corrected chi connectivity index (χ2v) is 4.18. The van der Waals surface area contributed by atoms with Crippen molar-refractivity contribution in [2.24, 2.45) is 0 Å². The van der Waals surface area contributed by atoms with Crippen LogP contribution in [0.25, 0.3) is 0 Å². The minimum atomic E-state index is -1.23. The normalized spacial score (nSPS) is 13.0. The maximum absolute atomic E-state index is 13.5. The molecule has 1 aromatic rings. The Labute approximate surface area is 106 Å². The highest BCUT2D eigenvalue weighted by atomic mass is 19.1. The molecule has 2 N–H and O–H groups in total. The van der Waals surface area contributed by atoms with E-state index in [4.69, 9.17) is 5.11 Å². The molecule has 0 fully saturated rings. The number of benzene rings is 1. The Balaban J connectivity index is 2.76. The lowest BCUT2D eigenvalue weighted by molar-refractivity contribution is 0.0947. The SMILES string of the molecule is CCCN(CCO)CC(O)c1c(F)cccc1F. The van der Waals surface area contributed by atoms with Gasteiger partial charge >= 0.3 is 0 Å². The Hall–Kier alpha value is -1.04. The van der Waals surface area contributed by atoms with Crippen molar-refractivity contribution in [2.45, 2.75) is 19.4 Å². The van der Waals surface area contributed by atoms with Crippen LogP contribution in [0.3, 0.4) is 0 Å². The van der Waals surface area contributed by atoms with E-state index in [1.54, 1.807) is 4.90 Å². The highest BCUT2D eigenvalue weighted by Gasteiger charge is 2.20. The fraction of sp³-hybridized carbons (Fsp3) is 0.538. The van der Waals surface area contributed by atoms with Crippen LogP contribution >= 0.6 is 0 Å². The third-order valence-electron chi connectivity index (χ3n) is 2.72. The molecule has 0 saturated carbocycles. The number of hydrogen-bond acceptors (Lipinski definition) is 3. The van der Waals surface area contributed by atoms with Crippen LogP contribution < -0.4 is 0 Å². The highest BCUT2D eigenvalue weighted by molar-refractivity contribution is 5.22. The molecule has 3 nitrogen and oxygen atoms in total. The van der Waals surface area contributed by atoms with Crippen LogP contribution in [0.1, 0.15) is 25.0 Å². The molecule has 0 saturated heterocycles. The molecule has 1 atom stereocenters. The zero-order valence-electron chi connectivity index (χ0n) is 10.4. The van der Waals surface area contributed by atoms with Crippen LogP contribution in [0.4, 0.5) is 8.78 Å². The first-order valence-electron chi connectivity index (χ1n) is 6.05. The Morgan fingerprint density at radius 2 is 1.83 bits per heavy atom. The van der Waals surface area contributed by atoms with Crippen molar-refractivity contribution in [3.05, 3.63) is 35.4 Å². The van der Waals surface area contributed by atoms with Crippen molar-refractivity contribution in [3.63, 3.8) is 0 Å². The quantitative estimate of drug-likeness (QED) is 0.783. The van der Waals surface area contributed by atoms with E-state index >= 15 is 0 Å². The molecule has 0 heterocycles. The molecule has 0 bridgehead atoms. The summed E-state index contributed by atoms with van der Waals surface area (Å²) in [7, 11) is 0. The molecule has 0 aromatic heterocycles. The van der Waals surface area contributed by atoms with Crippen LogP contribution in [-0.2, 0) is 0 Å². The van der Waals surface area contributed by atoms with Gasteiger partial charge in [-0.3, -0.25) is 4.90 Å². The summed E-state index contributed by atoms with van der Waals surface area (Å²) >= 11 is 0. The standard InChI is InChI=1S/C13H19F2NO2/c1-2-6-16(7-8-17)9-12(18)13-10(14)4-3-5-11(13)15/h3-5,12,17-18H,2,6-9H2,1H3. The maximum Gasteiger partial charge on any atom is 0.131 e. The van der Waals surface area contributed by atoms with E-state index in [1.165, 1.54) is 6.07 Å². The van der Waals surface area contributed by atoms with Gasteiger partial charge in [0.1, 0.15) is 11.6 Å². The zero-order chi connectivity index (χ0) is 13.5. The first kappa shape index (κ1) is 15.0. The van der Waals surface area contributed by atoms with E-state index in [9.17, 15) is 13.9 Å². The lowest BCUT2D eigenvalue weighted by atomic mass is 10.1. The number of rotatable bonds is 7. The molecule has 0 spiro atoms. The molecule has 5 heteroatoms. The molecule has 0 radical (unpaired) electrons. The number of hydrogen-bond donors (Lipinski definition) is 2. The van der Waals surface area contributed by atoms with Gasteiger partial charge in [-0.25, -0.2) is 8.78 Å². The van der Waals surface area contributed by atoms with Crippen LogP contribution in [-0.4, -0.2) is 41.4 Å². The van der Waals surface area contributed by atoms with Crippen molar-refractivity contribution in [3.8, 4) is 0 Å². The number of nitrogens with zero attached hydrogens (tertiary/aromatic N) is 1.